The molecule has 0 aromatic heterocycles. The van der Waals surface area contributed by atoms with Gasteiger partial charge in [0, 0.05) is 0 Å². The van der Waals surface area contributed by atoms with Gasteiger partial charge in [-0.3, -0.25) is 0 Å². The van der Waals surface area contributed by atoms with Crippen LogP contribution >= 0.6 is 0 Å². The number of aromatic hydroxyl groups is 1. The van der Waals surface area contributed by atoms with Crippen molar-refractivity contribution in [3.63, 3.8) is 0 Å². The van der Waals surface area contributed by atoms with Crippen molar-refractivity contribution < 1.29 is 13.9 Å². The topological polar surface area (TPSA) is 20.2 Å². The molecule has 0 saturated heterocycles. The zero-order valence-electron chi connectivity index (χ0n) is 10.1. The van der Waals surface area contributed by atoms with Crippen molar-refractivity contribution in [2.45, 2.75) is 40.0 Å². The molecule has 0 heterocycles. The minimum Gasteiger partial charge on any atom is -0.503 e. The molecule has 1 N–H and O–H groups in total. The molecule has 0 aliphatic carbocycles. The molecule has 0 amide bonds. The minimum absolute atomic E-state index is 0.0598. The summed E-state index contributed by atoms with van der Waals surface area (Å²) in [4.78, 5) is 0. The summed E-state index contributed by atoms with van der Waals surface area (Å²) in [5.41, 5.74) is 0.687. The number of phenolic OH excluding ortho intramolecular Hbond substituents is 1. The van der Waals surface area contributed by atoms with Crippen molar-refractivity contribution in [1.29, 1.82) is 0 Å². The van der Waals surface area contributed by atoms with E-state index in [0.717, 1.165) is 6.42 Å². The fourth-order valence-electron chi connectivity index (χ4n) is 1.91. The number of phenols is 1. The third kappa shape index (κ3) is 3.19. The first-order valence-electron chi connectivity index (χ1n) is 5.38. The van der Waals surface area contributed by atoms with Crippen LogP contribution in [0.2, 0.25) is 0 Å². The van der Waals surface area contributed by atoms with Crippen molar-refractivity contribution >= 4 is 0 Å². The molecule has 0 aliphatic rings. The van der Waals surface area contributed by atoms with Crippen molar-refractivity contribution in [2.24, 2.45) is 5.41 Å². The van der Waals surface area contributed by atoms with Gasteiger partial charge in [-0.2, -0.15) is 0 Å². The number of benzene rings is 1. The van der Waals surface area contributed by atoms with Crippen LogP contribution in [-0.4, -0.2) is 5.11 Å². The van der Waals surface area contributed by atoms with Crippen LogP contribution in [0, 0.1) is 17.0 Å². The van der Waals surface area contributed by atoms with Crippen LogP contribution < -0.4 is 0 Å². The lowest BCUT2D eigenvalue weighted by atomic mass is 9.82. The third-order valence-corrected chi connectivity index (χ3v) is 2.53. The molecule has 1 aromatic carbocycles. The number of halogens is 2. The summed E-state index contributed by atoms with van der Waals surface area (Å²) in [5.74, 6) is -2.62. The summed E-state index contributed by atoms with van der Waals surface area (Å²) in [7, 11) is 0. The van der Waals surface area contributed by atoms with Crippen LogP contribution in [0.1, 0.15) is 45.6 Å². The van der Waals surface area contributed by atoms with Crippen LogP contribution in [0.15, 0.2) is 12.1 Å². The number of rotatable bonds is 2. The second-order valence-corrected chi connectivity index (χ2v) is 5.50. The second-order valence-electron chi connectivity index (χ2n) is 5.50. The standard InChI is InChI=1S/C13H18F2O/c1-8(7-13(2,3)4)9-5-10(14)12(16)11(15)6-9/h5-6,8,16H,7H2,1-4H3. The van der Waals surface area contributed by atoms with E-state index in [1.165, 1.54) is 12.1 Å². The zero-order chi connectivity index (χ0) is 12.5. The van der Waals surface area contributed by atoms with Gasteiger partial charge in [-0.15, -0.1) is 0 Å². The number of hydrogen-bond donors (Lipinski definition) is 1. The van der Waals surface area contributed by atoms with Crippen molar-refractivity contribution in [3.8, 4) is 5.75 Å². The minimum atomic E-state index is -0.897. The SMILES string of the molecule is CC(CC(C)(C)C)c1cc(F)c(O)c(F)c1. The van der Waals surface area contributed by atoms with Crippen LogP contribution in [0.4, 0.5) is 8.78 Å². The summed E-state index contributed by atoms with van der Waals surface area (Å²) in [6.45, 7) is 8.17. The summed E-state index contributed by atoms with van der Waals surface area (Å²) in [5, 5.41) is 9.00. The first-order chi connectivity index (χ1) is 7.20. The highest BCUT2D eigenvalue weighted by Crippen LogP contribution is 2.33. The molecular formula is C13H18F2O. The predicted molar refractivity (Wildman–Crippen MR) is 60.5 cm³/mol. The van der Waals surface area contributed by atoms with Crippen LogP contribution in [0.3, 0.4) is 0 Å². The Hall–Kier alpha value is -1.12. The first-order valence-corrected chi connectivity index (χ1v) is 5.38. The quantitative estimate of drug-likeness (QED) is 0.803. The average Bonchev–Trinajstić information content (AvgIpc) is 2.10. The lowest BCUT2D eigenvalue weighted by Crippen LogP contribution is -2.10. The third-order valence-electron chi connectivity index (χ3n) is 2.53. The Kier molecular flexibility index (Phi) is 3.56. The molecule has 1 atom stereocenters. The Morgan fingerprint density at radius 3 is 2.00 bits per heavy atom. The molecule has 1 rings (SSSR count). The molecule has 0 saturated carbocycles. The summed E-state index contributed by atoms with van der Waals surface area (Å²) in [6, 6.07) is 2.41. The van der Waals surface area contributed by atoms with Crippen molar-refractivity contribution in [3.05, 3.63) is 29.3 Å². The lowest BCUT2D eigenvalue weighted by Gasteiger charge is -2.23. The average molecular weight is 228 g/mol. The van der Waals surface area contributed by atoms with E-state index in [-0.39, 0.29) is 11.3 Å². The van der Waals surface area contributed by atoms with Gasteiger partial charge in [-0.25, -0.2) is 8.78 Å². The van der Waals surface area contributed by atoms with Gasteiger partial charge < -0.3 is 5.11 Å². The molecule has 1 nitrogen and oxygen atoms in total. The Labute approximate surface area is 95.1 Å². The highest BCUT2D eigenvalue weighted by atomic mass is 19.1. The first kappa shape index (κ1) is 12.9. The van der Waals surface area contributed by atoms with E-state index < -0.39 is 17.4 Å². The Balaban J connectivity index is 2.97. The Bertz CT molecular complexity index is 357. The van der Waals surface area contributed by atoms with Gasteiger partial charge in [0.25, 0.3) is 0 Å². The number of hydrogen-bond acceptors (Lipinski definition) is 1. The van der Waals surface area contributed by atoms with Gasteiger partial charge in [0.15, 0.2) is 17.4 Å². The molecule has 0 bridgehead atoms. The van der Waals surface area contributed by atoms with E-state index in [1.54, 1.807) is 0 Å². The van der Waals surface area contributed by atoms with Crippen LogP contribution in [0.25, 0.3) is 0 Å². The van der Waals surface area contributed by atoms with Crippen LogP contribution in [-0.2, 0) is 0 Å². The van der Waals surface area contributed by atoms with Gasteiger partial charge in [-0.1, -0.05) is 27.7 Å². The largest absolute Gasteiger partial charge is 0.503 e. The Morgan fingerprint density at radius 2 is 1.62 bits per heavy atom. The molecule has 90 valence electrons. The van der Waals surface area contributed by atoms with E-state index in [4.69, 9.17) is 5.11 Å². The molecule has 0 spiro atoms. The molecule has 16 heavy (non-hydrogen) atoms. The van der Waals surface area contributed by atoms with E-state index in [0.29, 0.717) is 5.56 Å². The van der Waals surface area contributed by atoms with Gasteiger partial charge in [0.05, 0.1) is 0 Å². The molecule has 0 fully saturated rings. The van der Waals surface area contributed by atoms with E-state index in [2.05, 4.69) is 20.8 Å². The monoisotopic (exact) mass is 228 g/mol. The maximum Gasteiger partial charge on any atom is 0.187 e. The zero-order valence-corrected chi connectivity index (χ0v) is 10.1. The molecule has 1 aromatic rings. The van der Waals surface area contributed by atoms with Crippen molar-refractivity contribution in [1.82, 2.24) is 0 Å². The van der Waals surface area contributed by atoms with Gasteiger partial charge in [0.2, 0.25) is 0 Å². The van der Waals surface area contributed by atoms with Gasteiger partial charge in [-0.05, 0) is 35.4 Å². The maximum absolute atomic E-state index is 13.1. The molecule has 3 heteroatoms. The highest BCUT2D eigenvalue weighted by molar-refractivity contribution is 5.31. The summed E-state index contributed by atoms with van der Waals surface area (Å²) in [6.07, 6.45) is 0.830. The second kappa shape index (κ2) is 4.40. The molecular weight excluding hydrogens is 210 g/mol. The summed E-state index contributed by atoms with van der Waals surface area (Å²) < 4.78 is 26.3. The summed E-state index contributed by atoms with van der Waals surface area (Å²) >= 11 is 0. The maximum atomic E-state index is 13.1. The van der Waals surface area contributed by atoms with E-state index in [9.17, 15) is 8.78 Å². The molecule has 0 radical (unpaired) electrons. The molecule has 1 unspecified atom stereocenters. The van der Waals surface area contributed by atoms with Crippen molar-refractivity contribution in [2.75, 3.05) is 0 Å². The fraction of sp³-hybridized carbons (Fsp3) is 0.538. The molecule has 0 aliphatic heterocycles. The highest BCUT2D eigenvalue weighted by Gasteiger charge is 2.19. The van der Waals surface area contributed by atoms with Crippen LogP contribution in [0.5, 0.6) is 5.75 Å². The Morgan fingerprint density at radius 1 is 1.19 bits per heavy atom. The fourth-order valence-corrected chi connectivity index (χ4v) is 1.91. The normalized spacial score (nSPS) is 13.9. The van der Waals surface area contributed by atoms with Gasteiger partial charge >= 0.3 is 0 Å². The van der Waals surface area contributed by atoms with Gasteiger partial charge in [0.1, 0.15) is 0 Å². The van der Waals surface area contributed by atoms with E-state index in [1.807, 2.05) is 6.92 Å². The van der Waals surface area contributed by atoms with E-state index >= 15 is 0 Å². The predicted octanol–water partition coefficient (Wildman–Crippen LogP) is 4.21. The lowest BCUT2D eigenvalue weighted by molar-refractivity contribution is 0.346. The smallest absolute Gasteiger partial charge is 0.187 e.